The van der Waals surface area contributed by atoms with Gasteiger partial charge in [-0.1, -0.05) is 24.3 Å². The van der Waals surface area contributed by atoms with E-state index in [1.54, 1.807) is 42.3 Å². The monoisotopic (exact) mass is 505 g/mol. The Morgan fingerprint density at radius 2 is 1.65 bits per heavy atom. The average Bonchev–Trinajstić information content (AvgIpc) is 2.89. The summed E-state index contributed by atoms with van der Waals surface area (Å²) in [5.74, 6) is -0.153. The van der Waals surface area contributed by atoms with Crippen LogP contribution < -0.4 is 20.1 Å². The van der Waals surface area contributed by atoms with Gasteiger partial charge in [0.05, 0.1) is 30.8 Å². The molecule has 0 saturated carbocycles. The normalized spacial score (nSPS) is 11.2. The second-order valence-electron chi connectivity index (χ2n) is 8.60. The molecule has 3 rings (SSSR count). The number of carboxylic acids is 1. The Balaban J connectivity index is 1.56. The quantitative estimate of drug-likeness (QED) is 0.364. The van der Waals surface area contributed by atoms with Crippen molar-refractivity contribution in [3.63, 3.8) is 0 Å². The molecule has 9 nitrogen and oxygen atoms in total. The molecule has 3 aromatic carbocycles. The molecule has 37 heavy (non-hydrogen) atoms. The summed E-state index contributed by atoms with van der Waals surface area (Å²) in [6.45, 7) is 4.02. The highest BCUT2D eigenvalue weighted by molar-refractivity contribution is 6.01. The third kappa shape index (κ3) is 7.47. The van der Waals surface area contributed by atoms with Crippen molar-refractivity contribution in [1.29, 1.82) is 0 Å². The molecule has 0 spiro atoms. The van der Waals surface area contributed by atoms with E-state index in [0.717, 1.165) is 11.1 Å². The Hall–Kier alpha value is -4.53. The minimum absolute atomic E-state index is 0.114. The lowest BCUT2D eigenvalue weighted by Gasteiger charge is -2.25. The van der Waals surface area contributed by atoms with Gasteiger partial charge in [0.2, 0.25) is 5.91 Å². The number of methoxy groups -OCH3 is 1. The number of anilines is 2. The molecule has 3 aromatic rings. The van der Waals surface area contributed by atoms with Crippen LogP contribution in [0.25, 0.3) is 0 Å². The average molecular weight is 506 g/mol. The number of aromatic carboxylic acids is 1. The van der Waals surface area contributed by atoms with E-state index in [0.29, 0.717) is 22.9 Å². The summed E-state index contributed by atoms with van der Waals surface area (Å²) in [5, 5.41) is 14.6. The van der Waals surface area contributed by atoms with Gasteiger partial charge in [-0.05, 0) is 67.4 Å². The lowest BCUT2D eigenvalue weighted by Crippen LogP contribution is -2.39. The number of carboxylic acid groups (broad SMARTS) is 1. The van der Waals surface area contributed by atoms with Gasteiger partial charge < -0.3 is 30.1 Å². The van der Waals surface area contributed by atoms with Crippen LogP contribution in [0.2, 0.25) is 0 Å². The molecule has 0 heterocycles. The molecule has 0 fully saturated rings. The number of carbonyl (C=O) groups excluding carboxylic acids is 2. The fraction of sp³-hybridized carbons (Fsp3) is 0.250. The molecular weight excluding hydrogens is 474 g/mol. The van der Waals surface area contributed by atoms with Crippen molar-refractivity contribution in [3.05, 3.63) is 83.4 Å². The summed E-state index contributed by atoms with van der Waals surface area (Å²) < 4.78 is 11.1. The number of para-hydroxylation sites is 1. The lowest BCUT2D eigenvalue weighted by molar-refractivity contribution is -0.131. The topological polar surface area (TPSA) is 117 Å². The molecule has 1 atom stereocenters. The van der Waals surface area contributed by atoms with Crippen LogP contribution in [0, 0.1) is 6.92 Å². The second-order valence-corrected chi connectivity index (χ2v) is 8.60. The van der Waals surface area contributed by atoms with Crippen molar-refractivity contribution in [2.24, 2.45) is 0 Å². The van der Waals surface area contributed by atoms with E-state index >= 15 is 0 Å². The number of ether oxygens (including phenoxy) is 2. The van der Waals surface area contributed by atoms with E-state index < -0.39 is 12.0 Å². The molecule has 194 valence electrons. The lowest BCUT2D eigenvalue weighted by atomic mass is 10.1. The van der Waals surface area contributed by atoms with Gasteiger partial charge in [-0.15, -0.1) is 0 Å². The number of likely N-dealkylation sites (N-methyl/N-ethyl adjacent to an activating group) is 1. The minimum Gasteiger partial charge on any atom is -0.495 e. The Kier molecular flexibility index (Phi) is 9.10. The minimum atomic E-state index is -1.00. The zero-order chi connectivity index (χ0) is 26.9. The molecule has 0 aliphatic carbocycles. The van der Waals surface area contributed by atoms with E-state index in [1.807, 2.05) is 38.1 Å². The van der Waals surface area contributed by atoms with Crippen LogP contribution in [0.3, 0.4) is 0 Å². The molecule has 0 bridgehead atoms. The van der Waals surface area contributed by atoms with Crippen LogP contribution in [0.4, 0.5) is 16.2 Å². The Morgan fingerprint density at radius 1 is 0.973 bits per heavy atom. The van der Waals surface area contributed by atoms with E-state index in [9.17, 15) is 14.4 Å². The number of aryl methyl sites for hydroxylation is 1. The predicted molar refractivity (Wildman–Crippen MR) is 142 cm³/mol. The first-order chi connectivity index (χ1) is 17.7. The SMILES string of the molecule is COc1cc(CC(=O)N(C)C(C)COc2ccc(C(=O)O)cc2)ccc1NC(=O)Nc1ccccc1C. The van der Waals surface area contributed by atoms with Crippen LogP contribution in [0.15, 0.2) is 66.7 Å². The number of amides is 3. The highest BCUT2D eigenvalue weighted by Crippen LogP contribution is 2.26. The zero-order valence-electron chi connectivity index (χ0n) is 21.3. The van der Waals surface area contributed by atoms with Crippen molar-refractivity contribution < 1.29 is 29.0 Å². The van der Waals surface area contributed by atoms with Crippen LogP contribution in [-0.2, 0) is 11.2 Å². The van der Waals surface area contributed by atoms with Gasteiger partial charge >= 0.3 is 12.0 Å². The maximum atomic E-state index is 12.9. The van der Waals surface area contributed by atoms with Gasteiger partial charge in [0, 0.05) is 12.7 Å². The second kappa shape index (κ2) is 12.4. The van der Waals surface area contributed by atoms with Gasteiger partial charge in [-0.2, -0.15) is 0 Å². The number of carbonyl (C=O) groups is 3. The Bertz CT molecular complexity index is 1260. The predicted octanol–water partition coefficient (Wildman–Crippen LogP) is 4.81. The fourth-order valence-electron chi connectivity index (χ4n) is 3.51. The van der Waals surface area contributed by atoms with Gasteiger partial charge in [-0.3, -0.25) is 4.79 Å². The largest absolute Gasteiger partial charge is 0.495 e. The van der Waals surface area contributed by atoms with Gasteiger partial charge in [0.25, 0.3) is 0 Å². The molecule has 3 amide bonds. The summed E-state index contributed by atoms with van der Waals surface area (Å²) in [6.07, 6.45) is 0.139. The van der Waals surface area contributed by atoms with E-state index in [-0.39, 0.29) is 30.5 Å². The number of nitrogens with one attached hydrogen (secondary N) is 2. The van der Waals surface area contributed by atoms with Crippen LogP contribution in [0.5, 0.6) is 11.5 Å². The summed E-state index contributed by atoms with van der Waals surface area (Å²) in [5.41, 5.74) is 3.04. The van der Waals surface area contributed by atoms with Crippen molar-refractivity contribution in [2.75, 3.05) is 31.4 Å². The number of benzene rings is 3. The first-order valence-electron chi connectivity index (χ1n) is 11.7. The van der Waals surface area contributed by atoms with E-state index in [2.05, 4.69) is 10.6 Å². The summed E-state index contributed by atoms with van der Waals surface area (Å²) in [4.78, 5) is 37.9. The highest BCUT2D eigenvalue weighted by Gasteiger charge is 2.18. The molecule has 0 aliphatic heterocycles. The first-order valence-corrected chi connectivity index (χ1v) is 11.7. The first kappa shape index (κ1) is 27.1. The standard InChI is InChI=1S/C28H31N3O6/c1-18-7-5-6-8-23(18)29-28(35)30-24-14-9-20(15-25(24)36-4)16-26(32)31(3)19(2)17-37-22-12-10-21(11-13-22)27(33)34/h5-15,19H,16-17H2,1-4H3,(H,33,34)(H2,29,30,35). The zero-order valence-corrected chi connectivity index (χ0v) is 21.3. The molecule has 0 radical (unpaired) electrons. The molecule has 9 heteroatoms. The summed E-state index contributed by atoms with van der Waals surface area (Å²) in [6, 6.07) is 18.1. The van der Waals surface area contributed by atoms with Crippen LogP contribution >= 0.6 is 0 Å². The third-order valence-corrected chi connectivity index (χ3v) is 5.91. The maximum absolute atomic E-state index is 12.9. The van der Waals surface area contributed by atoms with Gasteiger partial charge in [0.1, 0.15) is 18.1 Å². The van der Waals surface area contributed by atoms with Crippen LogP contribution in [-0.4, -0.2) is 54.7 Å². The van der Waals surface area contributed by atoms with Crippen molar-refractivity contribution >= 4 is 29.3 Å². The van der Waals surface area contributed by atoms with Crippen LogP contribution in [0.1, 0.15) is 28.4 Å². The van der Waals surface area contributed by atoms with Gasteiger partial charge in [0.15, 0.2) is 0 Å². The molecule has 3 N–H and O–H groups in total. The highest BCUT2D eigenvalue weighted by atomic mass is 16.5. The molecule has 0 saturated heterocycles. The van der Waals surface area contributed by atoms with Gasteiger partial charge in [-0.25, -0.2) is 9.59 Å². The smallest absolute Gasteiger partial charge is 0.335 e. The molecule has 0 aliphatic rings. The fourth-order valence-corrected chi connectivity index (χ4v) is 3.51. The number of hydrogen-bond acceptors (Lipinski definition) is 5. The molecule has 1 unspecified atom stereocenters. The number of nitrogens with zero attached hydrogens (tertiary/aromatic N) is 1. The van der Waals surface area contributed by atoms with Crippen molar-refractivity contribution in [3.8, 4) is 11.5 Å². The van der Waals surface area contributed by atoms with E-state index in [1.165, 1.54) is 19.2 Å². The Labute approximate surface area is 216 Å². The molecular formula is C28H31N3O6. The number of hydrogen-bond donors (Lipinski definition) is 3. The van der Waals surface area contributed by atoms with E-state index in [4.69, 9.17) is 14.6 Å². The summed E-state index contributed by atoms with van der Waals surface area (Å²) in [7, 11) is 3.20. The number of rotatable bonds is 10. The van der Waals surface area contributed by atoms with Crippen molar-refractivity contribution in [2.45, 2.75) is 26.3 Å². The van der Waals surface area contributed by atoms with Crippen molar-refractivity contribution in [1.82, 2.24) is 4.90 Å². The number of urea groups is 1. The third-order valence-electron chi connectivity index (χ3n) is 5.91. The Morgan fingerprint density at radius 3 is 2.30 bits per heavy atom. The maximum Gasteiger partial charge on any atom is 0.335 e. The molecule has 0 aromatic heterocycles. The summed E-state index contributed by atoms with van der Waals surface area (Å²) >= 11 is 0.